The number of guanidine groups is 1. The lowest BCUT2D eigenvalue weighted by atomic mass is 10.1. The summed E-state index contributed by atoms with van der Waals surface area (Å²) in [6, 6.07) is 0. The number of aryl methyl sites for hydroxylation is 1. The molecule has 0 radical (unpaired) electrons. The van der Waals surface area contributed by atoms with Crippen molar-refractivity contribution in [1.29, 1.82) is 0 Å². The van der Waals surface area contributed by atoms with Crippen molar-refractivity contribution >= 4 is 5.96 Å². The van der Waals surface area contributed by atoms with Gasteiger partial charge in [0, 0.05) is 26.6 Å². The predicted octanol–water partition coefficient (Wildman–Crippen LogP) is 1.13. The molecule has 18 heavy (non-hydrogen) atoms. The van der Waals surface area contributed by atoms with E-state index in [9.17, 15) is 0 Å². The Hall–Kier alpha value is -1.59. The number of aromatic nitrogens is 2. The number of aliphatic imine (C=N–C) groups is 1. The van der Waals surface area contributed by atoms with Crippen LogP contribution in [0, 0.1) is 12.8 Å². The molecule has 0 saturated carbocycles. The fourth-order valence-electron chi connectivity index (χ4n) is 1.43. The molecule has 0 aliphatic carbocycles. The first kappa shape index (κ1) is 14.5. The van der Waals surface area contributed by atoms with E-state index in [1.807, 2.05) is 6.92 Å². The van der Waals surface area contributed by atoms with Crippen LogP contribution in [0.4, 0.5) is 0 Å². The van der Waals surface area contributed by atoms with Crippen LogP contribution in [0.5, 0.6) is 0 Å². The molecule has 0 atom stereocenters. The van der Waals surface area contributed by atoms with E-state index >= 15 is 0 Å². The minimum atomic E-state index is 0.651. The van der Waals surface area contributed by atoms with Gasteiger partial charge in [0.05, 0.1) is 0 Å². The molecule has 0 aliphatic rings. The summed E-state index contributed by atoms with van der Waals surface area (Å²) in [6.45, 7) is 7.87. The van der Waals surface area contributed by atoms with Crippen molar-refractivity contribution in [3.8, 4) is 0 Å². The third-order valence-electron chi connectivity index (χ3n) is 2.44. The molecule has 6 nitrogen and oxygen atoms in total. The van der Waals surface area contributed by atoms with E-state index in [0.29, 0.717) is 24.1 Å². The Kier molecular flexibility index (Phi) is 6.18. The van der Waals surface area contributed by atoms with Crippen molar-refractivity contribution < 1.29 is 4.52 Å². The van der Waals surface area contributed by atoms with Crippen LogP contribution in [0.25, 0.3) is 0 Å². The van der Waals surface area contributed by atoms with Gasteiger partial charge in [0.2, 0.25) is 5.89 Å². The van der Waals surface area contributed by atoms with Gasteiger partial charge in [-0.2, -0.15) is 4.98 Å². The van der Waals surface area contributed by atoms with Gasteiger partial charge in [-0.1, -0.05) is 19.0 Å². The number of hydrogen-bond donors (Lipinski definition) is 2. The monoisotopic (exact) mass is 253 g/mol. The van der Waals surface area contributed by atoms with Gasteiger partial charge in [-0.05, 0) is 19.3 Å². The summed E-state index contributed by atoms with van der Waals surface area (Å²) in [5.74, 6) is 2.82. The van der Waals surface area contributed by atoms with Crippen molar-refractivity contribution in [2.75, 3.05) is 20.1 Å². The summed E-state index contributed by atoms with van der Waals surface area (Å²) >= 11 is 0. The van der Waals surface area contributed by atoms with Gasteiger partial charge in [-0.25, -0.2) is 0 Å². The second-order valence-corrected chi connectivity index (χ2v) is 4.59. The first-order valence-electron chi connectivity index (χ1n) is 6.35. The Morgan fingerprint density at radius 2 is 2.06 bits per heavy atom. The van der Waals surface area contributed by atoms with Gasteiger partial charge in [0.1, 0.15) is 0 Å². The van der Waals surface area contributed by atoms with Gasteiger partial charge in [-0.15, -0.1) is 0 Å². The molecule has 0 fully saturated rings. The topological polar surface area (TPSA) is 75.3 Å². The largest absolute Gasteiger partial charge is 0.356 e. The zero-order valence-electron chi connectivity index (χ0n) is 11.7. The van der Waals surface area contributed by atoms with E-state index in [1.165, 1.54) is 0 Å². The zero-order chi connectivity index (χ0) is 13.4. The van der Waals surface area contributed by atoms with Gasteiger partial charge in [0.25, 0.3) is 0 Å². The highest BCUT2D eigenvalue weighted by atomic mass is 16.5. The number of hydrogen-bond acceptors (Lipinski definition) is 4. The maximum atomic E-state index is 5.03. The smallest absolute Gasteiger partial charge is 0.228 e. The Labute approximate surface area is 108 Å². The maximum absolute atomic E-state index is 5.03. The predicted molar refractivity (Wildman–Crippen MR) is 71.6 cm³/mol. The molecule has 1 heterocycles. The quantitative estimate of drug-likeness (QED) is 0.587. The van der Waals surface area contributed by atoms with Crippen LogP contribution in [0.2, 0.25) is 0 Å². The summed E-state index contributed by atoms with van der Waals surface area (Å²) in [6.07, 6.45) is 1.83. The molecule has 0 aromatic carbocycles. The molecular weight excluding hydrogens is 230 g/mol. The van der Waals surface area contributed by atoms with Gasteiger partial charge < -0.3 is 15.2 Å². The van der Waals surface area contributed by atoms with E-state index in [-0.39, 0.29) is 0 Å². The van der Waals surface area contributed by atoms with E-state index < -0.39 is 0 Å². The molecule has 0 bridgehead atoms. The lowest BCUT2D eigenvalue weighted by molar-refractivity contribution is 0.374. The average Bonchev–Trinajstić information content (AvgIpc) is 2.72. The molecule has 1 aromatic heterocycles. The highest BCUT2D eigenvalue weighted by molar-refractivity contribution is 5.79. The maximum Gasteiger partial charge on any atom is 0.228 e. The van der Waals surface area contributed by atoms with Crippen LogP contribution < -0.4 is 10.6 Å². The van der Waals surface area contributed by atoms with Crippen LogP contribution in [0.15, 0.2) is 9.52 Å². The number of rotatable bonds is 6. The van der Waals surface area contributed by atoms with Gasteiger partial charge in [-0.3, -0.25) is 4.99 Å². The molecule has 0 aliphatic heterocycles. The van der Waals surface area contributed by atoms with E-state index in [0.717, 1.165) is 25.5 Å². The van der Waals surface area contributed by atoms with Crippen LogP contribution in [0.3, 0.4) is 0 Å². The fraction of sp³-hybridized carbons (Fsp3) is 0.750. The molecule has 2 N–H and O–H groups in total. The molecule has 1 aromatic rings. The first-order chi connectivity index (χ1) is 8.61. The standard InChI is InChI=1S/C12H23N5O/c1-9(2)5-7-14-12(13-4)15-8-6-11-16-10(3)17-18-11/h9H,5-8H2,1-4H3,(H2,13,14,15). The lowest BCUT2D eigenvalue weighted by Gasteiger charge is -2.11. The fourth-order valence-corrected chi connectivity index (χ4v) is 1.43. The Bertz CT molecular complexity index is 372. The van der Waals surface area contributed by atoms with E-state index in [2.05, 4.69) is 39.6 Å². The number of nitrogens with zero attached hydrogens (tertiary/aromatic N) is 3. The van der Waals surface area contributed by atoms with E-state index in [1.54, 1.807) is 7.05 Å². The average molecular weight is 253 g/mol. The summed E-state index contributed by atoms with van der Waals surface area (Å²) in [7, 11) is 1.77. The van der Waals surface area contributed by atoms with Crippen molar-refractivity contribution in [3.63, 3.8) is 0 Å². The SMILES string of the molecule is CN=C(NCCc1nc(C)no1)NCCC(C)C. The normalized spacial score (nSPS) is 11.9. The molecule has 1 rings (SSSR count). The second kappa shape index (κ2) is 7.68. The summed E-state index contributed by atoms with van der Waals surface area (Å²) in [5, 5.41) is 10.2. The van der Waals surface area contributed by atoms with Crippen LogP contribution in [-0.4, -0.2) is 36.2 Å². The molecule has 0 amide bonds. The van der Waals surface area contributed by atoms with Crippen LogP contribution in [0.1, 0.15) is 32.0 Å². The van der Waals surface area contributed by atoms with Crippen molar-refractivity contribution in [2.24, 2.45) is 10.9 Å². The van der Waals surface area contributed by atoms with Crippen molar-refractivity contribution in [1.82, 2.24) is 20.8 Å². The minimum Gasteiger partial charge on any atom is -0.356 e. The summed E-state index contributed by atoms with van der Waals surface area (Å²) < 4.78 is 5.03. The van der Waals surface area contributed by atoms with Crippen LogP contribution in [-0.2, 0) is 6.42 Å². The molecule has 0 saturated heterocycles. The molecule has 6 heteroatoms. The Balaban J connectivity index is 2.19. The number of nitrogens with one attached hydrogen (secondary N) is 2. The highest BCUT2D eigenvalue weighted by Crippen LogP contribution is 1.97. The minimum absolute atomic E-state index is 0.651. The first-order valence-corrected chi connectivity index (χ1v) is 6.35. The Morgan fingerprint density at radius 3 is 2.61 bits per heavy atom. The molecule has 0 spiro atoms. The molecule has 102 valence electrons. The summed E-state index contributed by atoms with van der Waals surface area (Å²) in [4.78, 5) is 8.29. The zero-order valence-corrected chi connectivity index (χ0v) is 11.7. The van der Waals surface area contributed by atoms with Gasteiger partial charge >= 0.3 is 0 Å². The molecular formula is C12H23N5O. The highest BCUT2D eigenvalue weighted by Gasteiger charge is 2.03. The second-order valence-electron chi connectivity index (χ2n) is 4.59. The third-order valence-corrected chi connectivity index (χ3v) is 2.44. The molecule has 0 unspecified atom stereocenters. The van der Waals surface area contributed by atoms with Crippen LogP contribution >= 0.6 is 0 Å². The third kappa shape index (κ3) is 5.65. The van der Waals surface area contributed by atoms with Crippen molar-refractivity contribution in [3.05, 3.63) is 11.7 Å². The van der Waals surface area contributed by atoms with Crippen molar-refractivity contribution in [2.45, 2.75) is 33.6 Å². The van der Waals surface area contributed by atoms with E-state index in [4.69, 9.17) is 4.52 Å². The summed E-state index contributed by atoms with van der Waals surface area (Å²) in [5.41, 5.74) is 0. The Morgan fingerprint density at radius 1 is 1.33 bits per heavy atom. The van der Waals surface area contributed by atoms with Gasteiger partial charge in [0.15, 0.2) is 11.8 Å². The lowest BCUT2D eigenvalue weighted by Crippen LogP contribution is -2.39.